The molecule has 3 rings (SSSR count). The van der Waals surface area contributed by atoms with Crippen molar-refractivity contribution in [2.45, 2.75) is 39.0 Å². The number of para-hydroxylation sites is 1. The zero-order valence-corrected chi connectivity index (χ0v) is 14.7. The predicted molar refractivity (Wildman–Crippen MR) is 95.9 cm³/mol. The highest BCUT2D eigenvalue weighted by molar-refractivity contribution is 5.90. The molecule has 1 fully saturated rings. The fourth-order valence-corrected chi connectivity index (χ4v) is 3.34. The van der Waals surface area contributed by atoms with Crippen molar-refractivity contribution in [1.29, 1.82) is 0 Å². The molecule has 0 N–H and O–H groups in total. The second kappa shape index (κ2) is 8.34. The fraction of sp³-hybridized carbons (Fsp3) is 0.550. The smallest absolute Gasteiger partial charge is 0.145 e. The van der Waals surface area contributed by atoms with E-state index in [0.29, 0.717) is 19.1 Å². The van der Waals surface area contributed by atoms with Crippen LogP contribution < -0.4 is 9.47 Å². The van der Waals surface area contributed by atoms with Crippen molar-refractivity contribution >= 4 is 10.9 Å². The first-order chi connectivity index (χ1) is 11.8. The molecular formula is C20H27NO3. The number of pyridine rings is 1. The van der Waals surface area contributed by atoms with Crippen LogP contribution in [0.1, 0.15) is 37.8 Å². The monoisotopic (exact) mass is 329 g/mol. The molecule has 1 aliphatic carbocycles. The molecule has 0 amide bonds. The maximum atomic E-state index is 6.15. The van der Waals surface area contributed by atoms with Gasteiger partial charge in [-0.2, -0.15) is 0 Å². The summed E-state index contributed by atoms with van der Waals surface area (Å²) in [5.74, 6) is 2.38. The molecule has 0 bridgehead atoms. The summed E-state index contributed by atoms with van der Waals surface area (Å²) in [5, 5.41) is 0.998. The molecule has 1 heterocycles. The lowest BCUT2D eigenvalue weighted by Gasteiger charge is -2.22. The van der Waals surface area contributed by atoms with Gasteiger partial charge in [0.25, 0.3) is 0 Å². The van der Waals surface area contributed by atoms with Gasteiger partial charge in [0.15, 0.2) is 0 Å². The van der Waals surface area contributed by atoms with E-state index in [1.807, 2.05) is 31.2 Å². The average molecular weight is 329 g/mol. The Morgan fingerprint density at radius 2 is 1.88 bits per heavy atom. The van der Waals surface area contributed by atoms with Gasteiger partial charge in [0.2, 0.25) is 0 Å². The first kappa shape index (κ1) is 17.0. The van der Waals surface area contributed by atoms with Crippen LogP contribution in [-0.4, -0.2) is 31.9 Å². The number of rotatable bonds is 7. The topological polar surface area (TPSA) is 40.6 Å². The van der Waals surface area contributed by atoms with Gasteiger partial charge in [0.05, 0.1) is 13.2 Å². The Kier molecular flexibility index (Phi) is 5.91. The molecule has 0 saturated heterocycles. The summed E-state index contributed by atoms with van der Waals surface area (Å²) >= 11 is 0. The molecular weight excluding hydrogens is 302 g/mol. The minimum atomic E-state index is 0.530. The van der Waals surface area contributed by atoms with Crippen molar-refractivity contribution < 1.29 is 14.2 Å². The summed E-state index contributed by atoms with van der Waals surface area (Å²) in [4.78, 5) is 4.69. The summed E-state index contributed by atoms with van der Waals surface area (Å²) in [6, 6.07) is 8.04. The van der Waals surface area contributed by atoms with E-state index >= 15 is 0 Å². The highest BCUT2D eigenvalue weighted by atomic mass is 16.5. The highest BCUT2D eigenvalue weighted by Crippen LogP contribution is 2.32. The number of nitrogens with zero attached hydrogens (tertiary/aromatic N) is 1. The van der Waals surface area contributed by atoms with Gasteiger partial charge in [0.1, 0.15) is 23.6 Å². The van der Waals surface area contributed by atoms with E-state index in [0.717, 1.165) is 34.7 Å². The average Bonchev–Trinajstić information content (AvgIpc) is 2.61. The minimum Gasteiger partial charge on any atom is -0.491 e. The van der Waals surface area contributed by atoms with Gasteiger partial charge in [-0.05, 0) is 37.8 Å². The SMILES string of the molecule is COCCOc1cc(C)nc2c(OCC3CCCCC3)cccc12. The van der Waals surface area contributed by atoms with Gasteiger partial charge >= 0.3 is 0 Å². The molecule has 0 spiro atoms. The van der Waals surface area contributed by atoms with Gasteiger partial charge in [-0.3, -0.25) is 0 Å². The Morgan fingerprint density at radius 1 is 1.04 bits per heavy atom. The standard InChI is InChI=1S/C20H27NO3/c1-15-13-19(23-12-11-22-2)17-9-6-10-18(20(17)21-15)24-14-16-7-4-3-5-8-16/h6,9-10,13,16H,3-5,7-8,11-12,14H2,1-2H3. The van der Waals surface area contributed by atoms with Crippen molar-refractivity contribution in [3.63, 3.8) is 0 Å². The first-order valence-electron chi connectivity index (χ1n) is 8.93. The van der Waals surface area contributed by atoms with Crippen LogP contribution in [0, 0.1) is 12.8 Å². The number of hydrogen-bond donors (Lipinski definition) is 0. The summed E-state index contributed by atoms with van der Waals surface area (Å²) in [6.07, 6.45) is 6.59. The van der Waals surface area contributed by atoms with E-state index in [2.05, 4.69) is 0 Å². The van der Waals surface area contributed by atoms with Crippen LogP contribution >= 0.6 is 0 Å². The lowest BCUT2D eigenvalue weighted by atomic mass is 9.90. The van der Waals surface area contributed by atoms with E-state index in [9.17, 15) is 0 Å². The molecule has 0 aliphatic heterocycles. The van der Waals surface area contributed by atoms with Crippen LogP contribution in [0.5, 0.6) is 11.5 Å². The van der Waals surface area contributed by atoms with Crippen molar-refractivity contribution in [2.24, 2.45) is 5.92 Å². The number of ether oxygens (including phenoxy) is 3. The second-order valence-corrected chi connectivity index (χ2v) is 6.57. The zero-order chi connectivity index (χ0) is 16.8. The zero-order valence-electron chi connectivity index (χ0n) is 14.7. The lowest BCUT2D eigenvalue weighted by Crippen LogP contribution is -2.15. The molecule has 0 radical (unpaired) electrons. The van der Waals surface area contributed by atoms with Gasteiger partial charge in [-0.25, -0.2) is 4.98 Å². The maximum absolute atomic E-state index is 6.15. The Hall–Kier alpha value is -1.81. The number of methoxy groups -OCH3 is 1. The van der Waals surface area contributed by atoms with Crippen molar-refractivity contribution in [3.05, 3.63) is 30.0 Å². The quantitative estimate of drug-likeness (QED) is 0.700. The number of fused-ring (bicyclic) bond motifs is 1. The van der Waals surface area contributed by atoms with Crippen molar-refractivity contribution in [1.82, 2.24) is 4.98 Å². The van der Waals surface area contributed by atoms with Crippen molar-refractivity contribution in [3.8, 4) is 11.5 Å². The number of aryl methyl sites for hydroxylation is 1. The van der Waals surface area contributed by atoms with Crippen LogP contribution in [0.25, 0.3) is 10.9 Å². The Labute approximate surface area is 144 Å². The van der Waals surface area contributed by atoms with Crippen LogP contribution in [-0.2, 0) is 4.74 Å². The third kappa shape index (κ3) is 4.18. The first-order valence-corrected chi connectivity index (χ1v) is 8.93. The van der Waals surface area contributed by atoms with Gasteiger partial charge in [-0.15, -0.1) is 0 Å². The minimum absolute atomic E-state index is 0.530. The van der Waals surface area contributed by atoms with Gasteiger partial charge in [-0.1, -0.05) is 25.3 Å². The number of hydrogen-bond acceptors (Lipinski definition) is 4. The largest absolute Gasteiger partial charge is 0.491 e. The molecule has 1 saturated carbocycles. The Morgan fingerprint density at radius 3 is 2.67 bits per heavy atom. The molecule has 24 heavy (non-hydrogen) atoms. The third-order valence-electron chi connectivity index (χ3n) is 4.64. The summed E-state index contributed by atoms with van der Waals surface area (Å²) in [5.41, 5.74) is 1.82. The highest BCUT2D eigenvalue weighted by Gasteiger charge is 2.16. The number of aromatic nitrogens is 1. The summed E-state index contributed by atoms with van der Waals surface area (Å²) in [7, 11) is 1.68. The van der Waals surface area contributed by atoms with Crippen LogP contribution in [0.15, 0.2) is 24.3 Å². The fourth-order valence-electron chi connectivity index (χ4n) is 3.34. The summed E-state index contributed by atoms with van der Waals surface area (Å²) < 4.78 is 17.1. The molecule has 2 aromatic rings. The maximum Gasteiger partial charge on any atom is 0.145 e. The predicted octanol–water partition coefficient (Wildman–Crippen LogP) is 4.53. The van der Waals surface area contributed by atoms with E-state index in [1.54, 1.807) is 7.11 Å². The van der Waals surface area contributed by atoms with Crippen LogP contribution in [0.4, 0.5) is 0 Å². The molecule has 0 unspecified atom stereocenters. The Bertz CT molecular complexity index is 665. The molecule has 1 aromatic heterocycles. The van der Waals surface area contributed by atoms with Gasteiger partial charge < -0.3 is 14.2 Å². The van der Waals surface area contributed by atoms with Gasteiger partial charge in [0, 0.05) is 24.3 Å². The van der Waals surface area contributed by atoms with E-state index in [-0.39, 0.29) is 0 Å². The third-order valence-corrected chi connectivity index (χ3v) is 4.64. The number of benzene rings is 1. The van der Waals surface area contributed by atoms with E-state index < -0.39 is 0 Å². The summed E-state index contributed by atoms with van der Waals surface area (Å²) in [6.45, 7) is 3.87. The second-order valence-electron chi connectivity index (χ2n) is 6.57. The van der Waals surface area contributed by atoms with Crippen molar-refractivity contribution in [2.75, 3.05) is 26.9 Å². The molecule has 0 atom stereocenters. The van der Waals surface area contributed by atoms with E-state index in [1.165, 1.54) is 32.1 Å². The lowest BCUT2D eigenvalue weighted by molar-refractivity contribution is 0.147. The van der Waals surface area contributed by atoms with E-state index in [4.69, 9.17) is 19.2 Å². The molecule has 4 heteroatoms. The molecule has 1 aromatic carbocycles. The molecule has 130 valence electrons. The van der Waals surface area contributed by atoms with Crippen LogP contribution in [0.2, 0.25) is 0 Å². The molecule has 1 aliphatic rings. The Balaban J connectivity index is 1.80. The normalized spacial score (nSPS) is 15.6. The van der Waals surface area contributed by atoms with Crippen LogP contribution in [0.3, 0.4) is 0 Å². The molecule has 4 nitrogen and oxygen atoms in total.